The van der Waals surface area contributed by atoms with Gasteiger partial charge in [-0.2, -0.15) is 0 Å². The molecule has 0 aromatic carbocycles. The van der Waals surface area contributed by atoms with Crippen molar-refractivity contribution in [2.45, 2.75) is 13.0 Å². The smallest absolute Gasteiger partial charge is 0.259 e. The number of carbonyl (C=O) groups is 1. The summed E-state index contributed by atoms with van der Waals surface area (Å²) in [6.07, 6.45) is 0. The minimum Gasteiger partial charge on any atom is -0.320 e. The molecule has 0 heterocycles. The summed E-state index contributed by atoms with van der Waals surface area (Å²) in [4.78, 5) is 10.0. The molecule has 4 N–H and O–H groups in total. The van der Waals surface area contributed by atoms with Gasteiger partial charge in [-0.3, -0.25) is 10.0 Å². The third-order valence-corrected chi connectivity index (χ3v) is 0.524. The Kier molecular flexibility index (Phi) is 2.32. The van der Waals surface area contributed by atoms with Crippen LogP contribution in [0.2, 0.25) is 0 Å². The topological polar surface area (TPSA) is 75.4 Å². The molecule has 1 atom stereocenters. The van der Waals surface area contributed by atoms with Crippen LogP contribution in [-0.2, 0) is 4.79 Å². The lowest BCUT2D eigenvalue weighted by Gasteiger charge is -1.97. The molecular formula is C3H8N2O2. The molecule has 0 spiro atoms. The third-order valence-electron chi connectivity index (χ3n) is 0.524. The lowest BCUT2D eigenvalue weighted by Crippen LogP contribution is -2.36. The molecule has 0 aliphatic heterocycles. The van der Waals surface area contributed by atoms with Crippen molar-refractivity contribution in [3.8, 4) is 0 Å². The molecule has 0 saturated heterocycles. The van der Waals surface area contributed by atoms with Crippen molar-refractivity contribution >= 4 is 5.91 Å². The normalized spacial score (nSPS) is 13.0. The standard InChI is InChI=1S/C3H8N2O2/c1-2(4)3(6)5-7/h2,7H,4H2,1H3,(H,5,6)/t2-/m0/s1. The fraction of sp³-hybridized carbons (Fsp3) is 0.667. The SMILES string of the molecule is C[C@H](N)C(=O)NO. The van der Waals surface area contributed by atoms with Crippen LogP contribution in [0, 0.1) is 0 Å². The van der Waals surface area contributed by atoms with E-state index in [4.69, 9.17) is 10.9 Å². The van der Waals surface area contributed by atoms with E-state index in [9.17, 15) is 4.79 Å². The molecule has 0 aromatic heterocycles. The predicted molar refractivity (Wildman–Crippen MR) is 23.6 cm³/mol. The maximum atomic E-state index is 10.0. The first kappa shape index (κ1) is 6.39. The van der Waals surface area contributed by atoms with Gasteiger partial charge in [-0.15, -0.1) is 0 Å². The molecule has 42 valence electrons. The second-order valence-corrected chi connectivity index (χ2v) is 1.26. The van der Waals surface area contributed by atoms with Crippen LogP contribution in [0.4, 0.5) is 0 Å². The average molecular weight is 104 g/mol. The summed E-state index contributed by atoms with van der Waals surface area (Å²) in [5.41, 5.74) is 6.37. The maximum absolute atomic E-state index is 10.0. The summed E-state index contributed by atoms with van der Waals surface area (Å²) < 4.78 is 0. The molecule has 0 aromatic rings. The molecule has 0 unspecified atom stereocenters. The van der Waals surface area contributed by atoms with Crippen LogP contribution in [0.3, 0.4) is 0 Å². The van der Waals surface area contributed by atoms with Crippen molar-refractivity contribution in [3.63, 3.8) is 0 Å². The van der Waals surface area contributed by atoms with Gasteiger partial charge < -0.3 is 5.73 Å². The van der Waals surface area contributed by atoms with Gasteiger partial charge in [-0.25, -0.2) is 5.48 Å². The van der Waals surface area contributed by atoms with Crippen molar-refractivity contribution in [1.82, 2.24) is 5.48 Å². The van der Waals surface area contributed by atoms with E-state index < -0.39 is 11.9 Å². The molecule has 7 heavy (non-hydrogen) atoms. The second kappa shape index (κ2) is 2.54. The number of nitrogens with one attached hydrogen (secondary N) is 1. The molecule has 0 aliphatic rings. The number of hydrogen-bond acceptors (Lipinski definition) is 3. The third kappa shape index (κ3) is 2.13. The van der Waals surface area contributed by atoms with Gasteiger partial charge in [0.25, 0.3) is 5.91 Å². The number of hydrogen-bond donors (Lipinski definition) is 3. The van der Waals surface area contributed by atoms with Crippen molar-refractivity contribution < 1.29 is 10.0 Å². The van der Waals surface area contributed by atoms with Gasteiger partial charge in [0.05, 0.1) is 6.04 Å². The van der Waals surface area contributed by atoms with Crippen LogP contribution < -0.4 is 11.2 Å². The number of rotatable bonds is 1. The lowest BCUT2D eigenvalue weighted by molar-refractivity contribution is -0.130. The Labute approximate surface area is 41.3 Å². The molecule has 0 radical (unpaired) electrons. The number of carbonyl (C=O) groups excluding carboxylic acids is 1. The highest BCUT2D eigenvalue weighted by molar-refractivity contribution is 5.79. The molecule has 0 fully saturated rings. The van der Waals surface area contributed by atoms with Gasteiger partial charge in [-0.1, -0.05) is 0 Å². The molecule has 0 saturated carbocycles. The largest absolute Gasteiger partial charge is 0.320 e. The van der Waals surface area contributed by atoms with Crippen molar-refractivity contribution in [3.05, 3.63) is 0 Å². The zero-order valence-electron chi connectivity index (χ0n) is 4.01. The van der Waals surface area contributed by atoms with Crippen molar-refractivity contribution in [1.29, 1.82) is 0 Å². The van der Waals surface area contributed by atoms with E-state index >= 15 is 0 Å². The van der Waals surface area contributed by atoms with Crippen LogP contribution in [-0.4, -0.2) is 17.2 Å². The fourth-order valence-corrected chi connectivity index (χ4v) is 0.102. The van der Waals surface area contributed by atoms with Gasteiger partial charge in [0.2, 0.25) is 0 Å². The Morgan fingerprint density at radius 1 is 2.00 bits per heavy atom. The Balaban J connectivity index is 3.35. The van der Waals surface area contributed by atoms with E-state index in [1.54, 1.807) is 0 Å². The van der Waals surface area contributed by atoms with Gasteiger partial charge in [0.15, 0.2) is 0 Å². The zero-order valence-corrected chi connectivity index (χ0v) is 4.01. The molecule has 4 nitrogen and oxygen atoms in total. The van der Waals surface area contributed by atoms with E-state index in [2.05, 4.69) is 0 Å². The summed E-state index contributed by atoms with van der Waals surface area (Å²) in [6, 6.07) is -0.634. The van der Waals surface area contributed by atoms with Crippen LogP contribution in [0.15, 0.2) is 0 Å². The highest BCUT2D eigenvalue weighted by Crippen LogP contribution is 1.68. The summed E-state index contributed by atoms with van der Waals surface area (Å²) in [5, 5.41) is 7.83. The minimum atomic E-state index is -0.634. The molecule has 1 amide bonds. The molecule has 0 bridgehead atoms. The van der Waals surface area contributed by atoms with E-state index in [0.29, 0.717) is 0 Å². The fourth-order valence-electron chi connectivity index (χ4n) is 0.102. The Hall–Kier alpha value is -0.610. The van der Waals surface area contributed by atoms with Gasteiger partial charge in [0.1, 0.15) is 0 Å². The maximum Gasteiger partial charge on any atom is 0.259 e. The van der Waals surface area contributed by atoms with Gasteiger partial charge in [-0.05, 0) is 6.92 Å². The second-order valence-electron chi connectivity index (χ2n) is 1.26. The summed E-state index contributed by atoms with van der Waals surface area (Å²) in [7, 11) is 0. The molecule has 4 heteroatoms. The quantitative estimate of drug-likeness (QED) is 0.290. The number of nitrogens with two attached hydrogens (primary N) is 1. The highest BCUT2D eigenvalue weighted by atomic mass is 16.5. The van der Waals surface area contributed by atoms with E-state index in [1.807, 2.05) is 0 Å². The van der Waals surface area contributed by atoms with E-state index in [1.165, 1.54) is 12.4 Å². The summed E-state index contributed by atoms with van der Waals surface area (Å²) >= 11 is 0. The van der Waals surface area contributed by atoms with Crippen LogP contribution in [0.25, 0.3) is 0 Å². The predicted octanol–water partition coefficient (Wildman–Crippen LogP) is -1.16. The first-order valence-corrected chi connectivity index (χ1v) is 1.88. The molecule has 0 aliphatic carbocycles. The van der Waals surface area contributed by atoms with Gasteiger partial charge >= 0.3 is 0 Å². The van der Waals surface area contributed by atoms with Gasteiger partial charge in [0, 0.05) is 0 Å². The van der Waals surface area contributed by atoms with E-state index in [-0.39, 0.29) is 0 Å². The molecule has 0 rings (SSSR count). The highest BCUT2D eigenvalue weighted by Gasteiger charge is 2.02. The van der Waals surface area contributed by atoms with E-state index in [0.717, 1.165) is 0 Å². The Morgan fingerprint density at radius 2 is 2.43 bits per heavy atom. The lowest BCUT2D eigenvalue weighted by atomic mass is 10.4. The van der Waals surface area contributed by atoms with Crippen LogP contribution in [0.5, 0.6) is 0 Å². The zero-order chi connectivity index (χ0) is 5.86. The average Bonchev–Trinajstić information content (AvgIpc) is 1.65. The summed E-state index contributed by atoms with van der Waals surface area (Å²) in [5.74, 6) is -0.569. The minimum absolute atomic E-state index is 0.569. The molecular weight excluding hydrogens is 96.0 g/mol. The number of amides is 1. The van der Waals surface area contributed by atoms with Crippen LogP contribution in [0.1, 0.15) is 6.92 Å². The summed E-state index contributed by atoms with van der Waals surface area (Å²) in [6.45, 7) is 1.48. The van der Waals surface area contributed by atoms with Crippen molar-refractivity contribution in [2.24, 2.45) is 5.73 Å². The van der Waals surface area contributed by atoms with Crippen LogP contribution >= 0.6 is 0 Å². The Morgan fingerprint density at radius 3 is 2.43 bits per heavy atom. The van der Waals surface area contributed by atoms with Crippen molar-refractivity contribution in [2.75, 3.05) is 0 Å². The number of hydroxylamine groups is 1. The monoisotopic (exact) mass is 104 g/mol. The first-order valence-electron chi connectivity index (χ1n) is 1.88. The Bertz CT molecular complexity index is 71.3. The first-order chi connectivity index (χ1) is 3.18.